The lowest BCUT2D eigenvalue weighted by Gasteiger charge is -2.24. The van der Waals surface area contributed by atoms with Crippen molar-refractivity contribution in [3.8, 4) is 0 Å². The van der Waals surface area contributed by atoms with E-state index in [9.17, 15) is 4.79 Å². The zero-order valence-corrected chi connectivity index (χ0v) is 10.8. The lowest BCUT2D eigenvalue weighted by molar-refractivity contribution is -0.132. The highest BCUT2D eigenvalue weighted by Crippen LogP contribution is 2.17. The van der Waals surface area contributed by atoms with Crippen LogP contribution in [0.3, 0.4) is 0 Å². The molecule has 1 N–H and O–H groups in total. The van der Waals surface area contributed by atoms with Crippen LogP contribution in [0.2, 0.25) is 0 Å². The molecule has 1 rings (SSSR count). The Hall–Kier alpha value is -0.610. The van der Waals surface area contributed by atoms with Gasteiger partial charge in [-0.1, -0.05) is 20.3 Å². The predicted molar refractivity (Wildman–Crippen MR) is 64.0 cm³/mol. The topological polar surface area (TPSA) is 41.6 Å². The summed E-state index contributed by atoms with van der Waals surface area (Å²) in [4.78, 5) is 14.0. The minimum absolute atomic E-state index is 0.00548. The Bertz CT molecular complexity index is 233. The molecule has 4 heteroatoms. The van der Waals surface area contributed by atoms with Crippen LogP contribution in [0, 0.1) is 5.92 Å². The standard InChI is InChI=1S/C12H24N2O2/c1-5-9(3)11-12(15)14(8-13-11)10(4)7-16-6-2/h9-11,13H,5-8H2,1-4H3. The Morgan fingerprint density at radius 3 is 2.75 bits per heavy atom. The van der Waals surface area contributed by atoms with Gasteiger partial charge in [-0.15, -0.1) is 0 Å². The van der Waals surface area contributed by atoms with E-state index in [1.165, 1.54) is 0 Å². The van der Waals surface area contributed by atoms with E-state index in [2.05, 4.69) is 19.2 Å². The zero-order valence-electron chi connectivity index (χ0n) is 10.8. The molecule has 16 heavy (non-hydrogen) atoms. The molecule has 0 aromatic carbocycles. The van der Waals surface area contributed by atoms with Gasteiger partial charge in [0.1, 0.15) is 0 Å². The summed E-state index contributed by atoms with van der Waals surface area (Å²) in [6.45, 7) is 10.2. The highest BCUT2D eigenvalue weighted by Gasteiger charge is 2.36. The molecule has 1 aliphatic heterocycles. The first-order valence-electron chi connectivity index (χ1n) is 6.23. The van der Waals surface area contributed by atoms with Crippen molar-refractivity contribution >= 4 is 5.91 Å². The van der Waals surface area contributed by atoms with Crippen molar-refractivity contribution in [2.24, 2.45) is 5.92 Å². The molecule has 3 unspecified atom stereocenters. The fraction of sp³-hybridized carbons (Fsp3) is 0.917. The number of carbonyl (C=O) groups excluding carboxylic acids is 1. The van der Waals surface area contributed by atoms with E-state index < -0.39 is 0 Å². The molecule has 0 aromatic rings. The van der Waals surface area contributed by atoms with Crippen LogP contribution in [0.15, 0.2) is 0 Å². The average molecular weight is 228 g/mol. The van der Waals surface area contributed by atoms with Crippen molar-refractivity contribution in [1.29, 1.82) is 0 Å². The number of rotatable bonds is 6. The molecule has 0 bridgehead atoms. The first-order valence-corrected chi connectivity index (χ1v) is 6.23. The summed E-state index contributed by atoms with van der Waals surface area (Å²) in [6.07, 6.45) is 1.02. The summed E-state index contributed by atoms with van der Waals surface area (Å²) in [5.41, 5.74) is 0. The Labute approximate surface area is 98.3 Å². The quantitative estimate of drug-likeness (QED) is 0.743. The van der Waals surface area contributed by atoms with E-state index in [0.29, 0.717) is 25.8 Å². The highest BCUT2D eigenvalue weighted by molar-refractivity contribution is 5.84. The fourth-order valence-electron chi connectivity index (χ4n) is 1.97. The number of amides is 1. The highest BCUT2D eigenvalue weighted by atomic mass is 16.5. The van der Waals surface area contributed by atoms with Gasteiger partial charge in [0.25, 0.3) is 0 Å². The Morgan fingerprint density at radius 2 is 2.19 bits per heavy atom. The molecule has 1 heterocycles. The van der Waals surface area contributed by atoms with Crippen LogP contribution in [0.25, 0.3) is 0 Å². The average Bonchev–Trinajstić information content (AvgIpc) is 2.67. The van der Waals surface area contributed by atoms with Crippen molar-refractivity contribution in [2.75, 3.05) is 19.9 Å². The third-order valence-corrected chi connectivity index (χ3v) is 3.34. The van der Waals surface area contributed by atoms with Crippen molar-refractivity contribution in [3.63, 3.8) is 0 Å². The molecule has 1 aliphatic rings. The van der Waals surface area contributed by atoms with Gasteiger partial charge in [-0.05, 0) is 19.8 Å². The number of nitrogens with one attached hydrogen (secondary N) is 1. The summed E-state index contributed by atoms with van der Waals surface area (Å²) >= 11 is 0. The van der Waals surface area contributed by atoms with Gasteiger partial charge in [0.15, 0.2) is 0 Å². The SMILES string of the molecule is CCOCC(C)N1CNC(C(C)CC)C1=O. The van der Waals surface area contributed by atoms with Crippen LogP contribution in [-0.2, 0) is 9.53 Å². The summed E-state index contributed by atoms with van der Waals surface area (Å²) in [6, 6.07) is 0.156. The Balaban J connectivity index is 2.49. The third-order valence-electron chi connectivity index (χ3n) is 3.34. The number of nitrogens with zero attached hydrogens (tertiary/aromatic N) is 1. The van der Waals surface area contributed by atoms with E-state index in [1.54, 1.807) is 0 Å². The molecular weight excluding hydrogens is 204 g/mol. The second-order valence-electron chi connectivity index (χ2n) is 4.54. The largest absolute Gasteiger partial charge is 0.380 e. The maximum absolute atomic E-state index is 12.1. The monoisotopic (exact) mass is 228 g/mol. The number of hydrogen-bond acceptors (Lipinski definition) is 3. The second kappa shape index (κ2) is 6.21. The lowest BCUT2D eigenvalue weighted by Crippen LogP contribution is -2.41. The van der Waals surface area contributed by atoms with Crippen molar-refractivity contribution in [2.45, 2.75) is 46.2 Å². The molecule has 0 aliphatic carbocycles. The summed E-state index contributed by atoms with van der Waals surface area (Å²) < 4.78 is 5.36. The zero-order chi connectivity index (χ0) is 12.1. The van der Waals surface area contributed by atoms with Gasteiger partial charge in [-0.3, -0.25) is 10.1 Å². The van der Waals surface area contributed by atoms with Gasteiger partial charge >= 0.3 is 0 Å². The van der Waals surface area contributed by atoms with E-state index in [1.807, 2.05) is 18.7 Å². The van der Waals surface area contributed by atoms with E-state index in [0.717, 1.165) is 6.42 Å². The molecule has 0 radical (unpaired) electrons. The van der Waals surface area contributed by atoms with Crippen molar-refractivity contribution < 1.29 is 9.53 Å². The molecule has 94 valence electrons. The maximum atomic E-state index is 12.1. The molecule has 3 atom stereocenters. The Kier molecular flexibility index (Phi) is 5.22. The van der Waals surface area contributed by atoms with Crippen LogP contribution in [0.4, 0.5) is 0 Å². The van der Waals surface area contributed by atoms with Crippen LogP contribution >= 0.6 is 0 Å². The second-order valence-corrected chi connectivity index (χ2v) is 4.54. The number of ether oxygens (including phenoxy) is 1. The van der Waals surface area contributed by atoms with E-state index in [-0.39, 0.29) is 18.0 Å². The van der Waals surface area contributed by atoms with Crippen LogP contribution in [0.1, 0.15) is 34.1 Å². The smallest absolute Gasteiger partial charge is 0.241 e. The first-order chi connectivity index (χ1) is 7.61. The van der Waals surface area contributed by atoms with Gasteiger partial charge in [0.05, 0.1) is 25.4 Å². The molecule has 0 saturated carbocycles. The third kappa shape index (κ3) is 2.95. The molecule has 0 spiro atoms. The fourth-order valence-corrected chi connectivity index (χ4v) is 1.97. The normalized spacial score (nSPS) is 24.9. The van der Waals surface area contributed by atoms with Crippen LogP contribution in [-0.4, -0.2) is 42.8 Å². The molecule has 1 amide bonds. The molecule has 0 aromatic heterocycles. The summed E-state index contributed by atoms with van der Waals surface area (Å²) in [5, 5.41) is 3.29. The molecule has 1 fully saturated rings. The predicted octanol–water partition coefficient (Wildman–Crippen LogP) is 1.22. The van der Waals surface area contributed by atoms with E-state index >= 15 is 0 Å². The van der Waals surface area contributed by atoms with Gasteiger partial charge in [-0.25, -0.2) is 0 Å². The van der Waals surface area contributed by atoms with Crippen molar-refractivity contribution in [3.05, 3.63) is 0 Å². The minimum Gasteiger partial charge on any atom is -0.380 e. The van der Waals surface area contributed by atoms with Gasteiger partial charge < -0.3 is 9.64 Å². The number of hydrogen-bond donors (Lipinski definition) is 1. The molecular formula is C12H24N2O2. The van der Waals surface area contributed by atoms with E-state index in [4.69, 9.17) is 4.74 Å². The minimum atomic E-state index is -0.00548. The van der Waals surface area contributed by atoms with Gasteiger partial charge in [0, 0.05) is 6.61 Å². The van der Waals surface area contributed by atoms with Crippen LogP contribution < -0.4 is 5.32 Å². The maximum Gasteiger partial charge on any atom is 0.241 e. The summed E-state index contributed by atoms with van der Waals surface area (Å²) in [5.74, 6) is 0.623. The Morgan fingerprint density at radius 1 is 1.50 bits per heavy atom. The number of carbonyl (C=O) groups is 1. The molecule has 1 saturated heterocycles. The van der Waals surface area contributed by atoms with Gasteiger partial charge in [0.2, 0.25) is 5.91 Å². The summed E-state index contributed by atoms with van der Waals surface area (Å²) in [7, 11) is 0. The van der Waals surface area contributed by atoms with Crippen LogP contribution in [0.5, 0.6) is 0 Å². The van der Waals surface area contributed by atoms with Crippen molar-refractivity contribution in [1.82, 2.24) is 10.2 Å². The lowest BCUT2D eigenvalue weighted by atomic mass is 9.99. The first kappa shape index (κ1) is 13.5. The molecule has 4 nitrogen and oxygen atoms in total. The van der Waals surface area contributed by atoms with Gasteiger partial charge in [-0.2, -0.15) is 0 Å².